The zero-order valence-electron chi connectivity index (χ0n) is 14.0. The van der Waals surface area contributed by atoms with Crippen LogP contribution in [0, 0.1) is 13.8 Å². The van der Waals surface area contributed by atoms with E-state index in [9.17, 15) is 0 Å². The van der Waals surface area contributed by atoms with Crippen molar-refractivity contribution in [1.82, 2.24) is 5.32 Å². The molecule has 1 aliphatic rings. The monoisotopic (exact) mass is 289 g/mol. The smallest absolute Gasteiger partial charge is 0.0575 e. The highest BCUT2D eigenvalue weighted by Gasteiger charge is 2.17. The van der Waals surface area contributed by atoms with Crippen LogP contribution in [0.5, 0.6) is 0 Å². The van der Waals surface area contributed by atoms with Crippen molar-refractivity contribution in [2.75, 3.05) is 13.2 Å². The van der Waals surface area contributed by atoms with Gasteiger partial charge < -0.3 is 10.1 Å². The Labute approximate surface area is 130 Å². The highest BCUT2D eigenvalue weighted by Crippen LogP contribution is 2.20. The summed E-state index contributed by atoms with van der Waals surface area (Å²) in [4.78, 5) is 0. The summed E-state index contributed by atoms with van der Waals surface area (Å²) >= 11 is 0. The summed E-state index contributed by atoms with van der Waals surface area (Å²) in [6.07, 6.45) is 7.88. The Kier molecular flexibility index (Phi) is 6.72. The van der Waals surface area contributed by atoms with Gasteiger partial charge in [0.05, 0.1) is 6.10 Å². The molecule has 1 N–H and O–H groups in total. The number of rotatable bonds is 7. The lowest BCUT2D eigenvalue weighted by atomic mass is 9.94. The Morgan fingerprint density at radius 3 is 2.86 bits per heavy atom. The van der Waals surface area contributed by atoms with Crippen molar-refractivity contribution >= 4 is 0 Å². The standard InChI is InChI=1S/C19H31NO/c1-4-20-18(10-11-19-7-5-6-12-21-19)14-17-13-15(2)8-9-16(17)3/h8-9,13,18-20H,4-7,10-12,14H2,1-3H3. The van der Waals surface area contributed by atoms with Gasteiger partial charge in [0, 0.05) is 12.6 Å². The normalized spacial score (nSPS) is 20.4. The fourth-order valence-corrected chi connectivity index (χ4v) is 3.27. The fraction of sp³-hybridized carbons (Fsp3) is 0.684. The molecule has 1 aromatic carbocycles. The van der Waals surface area contributed by atoms with Gasteiger partial charge >= 0.3 is 0 Å². The van der Waals surface area contributed by atoms with E-state index in [4.69, 9.17) is 4.74 Å². The first-order valence-corrected chi connectivity index (χ1v) is 8.60. The molecule has 1 fully saturated rings. The van der Waals surface area contributed by atoms with Crippen molar-refractivity contribution in [2.24, 2.45) is 0 Å². The van der Waals surface area contributed by atoms with Gasteiger partial charge in [-0.3, -0.25) is 0 Å². The van der Waals surface area contributed by atoms with Crippen LogP contribution < -0.4 is 5.32 Å². The second-order valence-electron chi connectivity index (χ2n) is 6.45. The van der Waals surface area contributed by atoms with Crippen molar-refractivity contribution in [1.29, 1.82) is 0 Å². The lowest BCUT2D eigenvalue weighted by Gasteiger charge is -2.25. The highest BCUT2D eigenvalue weighted by atomic mass is 16.5. The van der Waals surface area contributed by atoms with Crippen LogP contribution in [0.15, 0.2) is 18.2 Å². The first-order chi connectivity index (χ1) is 10.2. The summed E-state index contributed by atoms with van der Waals surface area (Å²) in [6, 6.07) is 7.37. The Balaban J connectivity index is 1.89. The molecule has 0 amide bonds. The molecule has 2 nitrogen and oxygen atoms in total. The Morgan fingerprint density at radius 1 is 1.29 bits per heavy atom. The number of likely N-dealkylation sites (N-methyl/N-ethyl adjacent to an activating group) is 1. The fourth-order valence-electron chi connectivity index (χ4n) is 3.27. The summed E-state index contributed by atoms with van der Waals surface area (Å²) in [5.74, 6) is 0. The van der Waals surface area contributed by atoms with E-state index in [0.717, 1.165) is 19.6 Å². The van der Waals surface area contributed by atoms with E-state index in [1.54, 1.807) is 0 Å². The quantitative estimate of drug-likeness (QED) is 0.813. The molecule has 1 aliphatic heterocycles. The van der Waals surface area contributed by atoms with E-state index in [2.05, 4.69) is 44.3 Å². The molecule has 0 radical (unpaired) electrons. The van der Waals surface area contributed by atoms with Gasteiger partial charge in [-0.15, -0.1) is 0 Å². The first-order valence-electron chi connectivity index (χ1n) is 8.60. The number of nitrogens with one attached hydrogen (secondary N) is 1. The molecule has 0 spiro atoms. The van der Waals surface area contributed by atoms with Crippen molar-refractivity contribution in [2.45, 2.75) is 71.4 Å². The van der Waals surface area contributed by atoms with E-state index < -0.39 is 0 Å². The zero-order valence-corrected chi connectivity index (χ0v) is 14.0. The average molecular weight is 289 g/mol. The van der Waals surface area contributed by atoms with Gasteiger partial charge in [-0.1, -0.05) is 30.7 Å². The minimum Gasteiger partial charge on any atom is -0.378 e. The van der Waals surface area contributed by atoms with Gasteiger partial charge in [0.15, 0.2) is 0 Å². The molecule has 21 heavy (non-hydrogen) atoms. The predicted octanol–water partition coefficient (Wildman–Crippen LogP) is 4.17. The zero-order chi connectivity index (χ0) is 15.1. The average Bonchev–Trinajstić information content (AvgIpc) is 2.50. The summed E-state index contributed by atoms with van der Waals surface area (Å²) in [5, 5.41) is 3.66. The van der Waals surface area contributed by atoms with Crippen LogP contribution in [0.25, 0.3) is 0 Å². The lowest BCUT2D eigenvalue weighted by Crippen LogP contribution is -2.33. The van der Waals surface area contributed by atoms with Crippen molar-refractivity contribution in [3.63, 3.8) is 0 Å². The largest absolute Gasteiger partial charge is 0.378 e. The number of benzene rings is 1. The van der Waals surface area contributed by atoms with Crippen molar-refractivity contribution in [3.05, 3.63) is 34.9 Å². The maximum atomic E-state index is 5.87. The highest BCUT2D eigenvalue weighted by molar-refractivity contribution is 5.31. The molecule has 0 saturated carbocycles. The third kappa shape index (κ3) is 5.44. The molecule has 1 saturated heterocycles. The van der Waals surface area contributed by atoms with Crippen molar-refractivity contribution in [3.8, 4) is 0 Å². The molecule has 0 aliphatic carbocycles. The molecule has 1 heterocycles. The Hall–Kier alpha value is -0.860. The molecule has 0 bridgehead atoms. The van der Waals surface area contributed by atoms with Crippen LogP contribution >= 0.6 is 0 Å². The minimum atomic E-state index is 0.499. The summed E-state index contributed by atoms with van der Waals surface area (Å²) in [6.45, 7) is 8.62. The predicted molar refractivity (Wildman–Crippen MR) is 89.9 cm³/mol. The SMILES string of the molecule is CCNC(CCC1CCCCO1)Cc1cc(C)ccc1C. The lowest BCUT2D eigenvalue weighted by molar-refractivity contribution is 0.00860. The Bertz CT molecular complexity index is 424. The second kappa shape index (κ2) is 8.55. The van der Waals surface area contributed by atoms with Crippen LogP contribution in [0.1, 0.15) is 55.7 Å². The summed E-state index contributed by atoms with van der Waals surface area (Å²) < 4.78 is 5.87. The first kappa shape index (κ1) is 16.5. The Morgan fingerprint density at radius 2 is 2.14 bits per heavy atom. The molecule has 118 valence electrons. The molecular formula is C19H31NO. The van der Waals surface area contributed by atoms with Gasteiger partial charge in [0.2, 0.25) is 0 Å². The van der Waals surface area contributed by atoms with Crippen LogP contribution in [0.3, 0.4) is 0 Å². The van der Waals surface area contributed by atoms with E-state index in [0.29, 0.717) is 12.1 Å². The maximum Gasteiger partial charge on any atom is 0.0575 e. The van der Waals surface area contributed by atoms with Crippen molar-refractivity contribution < 1.29 is 4.74 Å². The van der Waals surface area contributed by atoms with Gasteiger partial charge in [0.25, 0.3) is 0 Å². The van der Waals surface area contributed by atoms with Crippen LogP contribution in [-0.2, 0) is 11.2 Å². The summed E-state index contributed by atoms with van der Waals surface area (Å²) in [5.41, 5.74) is 4.27. The van der Waals surface area contributed by atoms with Crippen LogP contribution in [0.2, 0.25) is 0 Å². The van der Waals surface area contributed by atoms with Gasteiger partial charge in [0.1, 0.15) is 0 Å². The number of aryl methyl sites for hydroxylation is 2. The molecule has 2 unspecified atom stereocenters. The maximum absolute atomic E-state index is 5.87. The molecule has 1 aromatic rings. The van der Waals surface area contributed by atoms with E-state index in [1.165, 1.54) is 48.8 Å². The second-order valence-corrected chi connectivity index (χ2v) is 6.45. The molecule has 2 rings (SSSR count). The van der Waals surface area contributed by atoms with Gasteiger partial charge in [-0.2, -0.15) is 0 Å². The molecule has 2 atom stereocenters. The van der Waals surface area contributed by atoms with Crippen LogP contribution in [0.4, 0.5) is 0 Å². The number of hydrogen-bond acceptors (Lipinski definition) is 2. The van der Waals surface area contributed by atoms with E-state index in [1.807, 2.05) is 0 Å². The van der Waals surface area contributed by atoms with E-state index >= 15 is 0 Å². The third-order valence-corrected chi connectivity index (χ3v) is 4.57. The third-order valence-electron chi connectivity index (χ3n) is 4.57. The molecule has 2 heteroatoms. The van der Waals surface area contributed by atoms with Crippen LogP contribution in [-0.4, -0.2) is 25.3 Å². The number of ether oxygens (including phenoxy) is 1. The van der Waals surface area contributed by atoms with E-state index in [-0.39, 0.29) is 0 Å². The minimum absolute atomic E-state index is 0.499. The summed E-state index contributed by atoms with van der Waals surface area (Å²) in [7, 11) is 0. The van der Waals surface area contributed by atoms with Gasteiger partial charge in [-0.05, 0) is 70.0 Å². The topological polar surface area (TPSA) is 21.3 Å². The number of hydrogen-bond donors (Lipinski definition) is 1. The molecular weight excluding hydrogens is 258 g/mol. The van der Waals surface area contributed by atoms with Gasteiger partial charge in [-0.25, -0.2) is 0 Å². The molecule has 0 aromatic heterocycles.